The summed E-state index contributed by atoms with van der Waals surface area (Å²) in [7, 11) is -2.05. The number of nitrogens with zero attached hydrogens (tertiary/aromatic N) is 1. The highest BCUT2D eigenvalue weighted by molar-refractivity contribution is 7.89. The molecule has 3 N–H and O–H groups in total. The molecule has 0 unspecified atom stereocenters. The Balaban J connectivity index is 3.17. The van der Waals surface area contributed by atoms with E-state index < -0.39 is 10.0 Å². The van der Waals surface area contributed by atoms with Crippen molar-refractivity contribution in [2.75, 3.05) is 7.05 Å². The zero-order chi connectivity index (χ0) is 9.90. The van der Waals surface area contributed by atoms with Crippen molar-refractivity contribution in [2.45, 2.75) is 11.4 Å². The van der Waals surface area contributed by atoms with Crippen LogP contribution in [0.15, 0.2) is 23.4 Å². The first-order valence-corrected chi connectivity index (χ1v) is 5.16. The SMILES string of the molecule is CNS(=O)(=O)c1cncc(CN)c1. The fourth-order valence-corrected chi connectivity index (χ4v) is 1.58. The summed E-state index contributed by atoms with van der Waals surface area (Å²) in [5.41, 5.74) is 6.04. The minimum absolute atomic E-state index is 0.137. The molecule has 0 bridgehead atoms. The van der Waals surface area contributed by atoms with E-state index >= 15 is 0 Å². The number of nitrogens with two attached hydrogens (primary N) is 1. The average Bonchev–Trinajstić information content (AvgIpc) is 2.18. The summed E-state index contributed by atoms with van der Waals surface area (Å²) in [4.78, 5) is 3.91. The molecule has 5 nitrogen and oxygen atoms in total. The third-order valence-electron chi connectivity index (χ3n) is 1.58. The summed E-state index contributed by atoms with van der Waals surface area (Å²) in [5.74, 6) is 0. The van der Waals surface area contributed by atoms with Crippen LogP contribution in [0, 0.1) is 0 Å². The summed E-state index contributed by atoms with van der Waals surface area (Å²) >= 11 is 0. The van der Waals surface area contributed by atoms with E-state index in [-0.39, 0.29) is 11.4 Å². The maximum absolute atomic E-state index is 11.3. The summed E-state index contributed by atoms with van der Waals surface area (Å²) in [6, 6.07) is 1.50. The van der Waals surface area contributed by atoms with Crippen molar-refractivity contribution in [2.24, 2.45) is 5.73 Å². The first-order valence-electron chi connectivity index (χ1n) is 3.67. The second-order valence-electron chi connectivity index (χ2n) is 2.44. The molecule has 0 fully saturated rings. The third-order valence-corrected chi connectivity index (χ3v) is 2.97. The van der Waals surface area contributed by atoms with Crippen molar-refractivity contribution in [1.29, 1.82) is 0 Å². The molecule has 13 heavy (non-hydrogen) atoms. The molecule has 0 aromatic carbocycles. The summed E-state index contributed by atoms with van der Waals surface area (Å²) in [6.07, 6.45) is 2.82. The lowest BCUT2D eigenvalue weighted by molar-refractivity contribution is 0.587. The topological polar surface area (TPSA) is 85.1 Å². The van der Waals surface area contributed by atoms with E-state index in [1.54, 1.807) is 0 Å². The van der Waals surface area contributed by atoms with Gasteiger partial charge < -0.3 is 5.73 Å². The Kier molecular flexibility index (Phi) is 2.97. The van der Waals surface area contributed by atoms with Gasteiger partial charge in [0.1, 0.15) is 4.90 Å². The van der Waals surface area contributed by atoms with Gasteiger partial charge in [0.05, 0.1) is 0 Å². The first kappa shape index (κ1) is 10.1. The molecule has 0 aliphatic heterocycles. The molecule has 1 aromatic rings. The van der Waals surface area contributed by atoms with E-state index in [1.165, 1.54) is 25.5 Å². The molecule has 0 spiro atoms. The molecule has 0 radical (unpaired) electrons. The molecule has 1 heterocycles. The lowest BCUT2D eigenvalue weighted by Gasteiger charge is -2.02. The predicted octanol–water partition coefficient (Wildman–Crippen LogP) is -0.552. The average molecular weight is 201 g/mol. The van der Waals surface area contributed by atoms with E-state index in [1.807, 2.05) is 0 Å². The summed E-state index contributed by atoms with van der Waals surface area (Å²) in [6.45, 7) is 0.278. The summed E-state index contributed by atoms with van der Waals surface area (Å²) < 4.78 is 24.8. The van der Waals surface area contributed by atoms with E-state index in [4.69, 9.17) is 5.73 Å². The molecular weight excluding hydrogens is 190 g/mol. The largest absolute Gasteiger partial charge is 0.326 e. The molecule has 72 valence electrons. The fraction of sp³-hybridized carbons (Fsp3) is 0.286. The molecular formula is C7H11N3O2S. The second-order valence-corrected chi connectivity index (χ2v) is 4.33. The fourth-order valence-electron chi connectivity index (χ4n) is 0.840. The number of hydrogen-bond acceptors (Lipinski definition) is 4. The third kappa shape index (κ3) is 2.24. The number of pyridine rings is 1. The normalized spacial score (nSPS) is 11.5. The van der Waals surface area contributed by atoms with E-state index in [0.717, 1.165) is 0 Å². The van der Waals surface area contributed by atoms with Crippen molar-refractivity contribution in [3.05, 3.63) is 24.0 Å². The van der Waals surface area contributed by atoms with Gasteiger partial charge in [-0.2, -0.15) is 0 Å². The molecule has 1 rings (SSSR count). The van der Waals surface area contributed by atoms with Crippen molar-refractivity contribution < 1.29 is 8.42 Å². The Bertz CT molecular complexity index is 388. The molecule has 0 aliphatic carbocycles. The molecule has 0 atom stereocenters. The van der Waals surface area contributed by atoms with Gasteiger partial charge in [0, 0.05) is 18.9 Å². The Labute approximate surface area is 77.0 Å². The van der Waals surface area contributed by atoms with Crippen LogP contribution in [0.25, 0.3) is 0 Å². The Morgan fingerprint density at radius 1 is 1.54 bits per heavy atom. The van der Waals surface area contributed by atoms with E-state index in [0.29, 0.717) is 5.56 Å². The van der Waals surface area contributed by atoms with E-state index in [2.05, 4.69) is 9.71 Å². The van der Waals surface area contributed by atoms with Gasteiger partial charge in [-0.1, -0.05) is 0 Å². The Hall–Kier alpha value is -0.980. The van der Waals surface area contributed by atoms with Crippen LogP contribution in [-0.2, 0) is 16.6 Å². The van der Waals surface area contributed by atoms with Gasteiger partial charge in [-0.25, -0.2) is 13.1 Å². The van der Waals surface area contributed by atoms with Crippen LogP contribution in [-0.4, -0.2) is 20.4 Å². The number of rotatable bonds is 3. The Morgan fingerprint density at radius 3 is 2.77 bits per heavy atom. The highest BCUT2D eigenvalue weighted by Gasteiger charge is 2.11. The Morgan fingerprint density at radius 2 is 2.23 bits per heavy atom. The quantitative estimate of drug-likeness (QED) is 0.687. The van der Waals surface area contributed by atoms with Gasteiger partial charge in [0.25, 0.3) is 0 Å². The van der Waals surface area contributed by atoms with Gasteiger partial charge in [-0.05, 0) is 18.7 Å². The van der Waals surface area contributed by atoms with Crippen LogP contribution in [0.1, 0.15) is 5.56 Å². The van der Waals surface area contributed by atoms with Crippen molar-refractivity contribution >= 4 is 10.0 Å². The van der Waals surface area contributed by atoms with Crippen LogP contribution >= 0.6 is 0 Å². The zero-order valence-electron chi connectivity index (χ0n) is 7.19. The molecule has 0 amide bonds. The molecule has 0 saturated heterocycles. The predicted molar refractivity (Wildman–Crippen MR) is 48.4 cm³/mol. The van der Waals surface area contributed by atoms with Crippen LogP contribution in [0.3, 0.4) is 0 Å². The van der Waals surface area contributed by atoms with Crippen molar-refractivity contribution in [3.63, 3.8) is 0 Å². The van der Waals surface area contributed by atoms with Crippen LogP contribution in [0.5, 0.6) is 0 Å². The molecule has 0 aliphatic rings. The monoisotopic (exact) mass is 201 g/mol. The first-order chi connectivity index (χ1) is 6.10. The smallest absolute Gasteiger partial charge is 0.241 e. The number of sulfonamides is 1. The maximum atomic E-state index is 11.3. The van der Waals surface area contributed by atoms with Crippen molar-refractivity contribution in [3.8, 4) is 0 Å². The minimum Gasteiger partial charge on any atom is -0.326 e. The van der Waals surface area contributed by atoms with Gasteiger partial charge >= 0.3 is 0 Å². The standard InChI is InChI=1S/C7H11N3O2S/c1-9-13(11,12)7-2-6(3-8)4-10-5-7/h2,4-5,9H,3,8H2,1H3. The molecule has 6 heteroatoms. The van der Waals surface area contributed by atoms with Crippen molar-refractivity contribution in [1.82, 2.24) is 9.71 Å². The second kappa shape index (κ2) is 3.82. The maximum Gasteiger partial charge on any atom is 0.241 e. The lowest BCUT2D eigenvalue weighted by Crippen LogP contribution is -2.19. The highest BCUT2D eigenvalue weighted by atomic mass is 32.2. The molecule has 0 saturated carbocycles. The van der Waals surface area contributed by atoms with Gasteiger partial charge in [-0.3, -0.25) is 4.98 Å². The van der Waals surface area contributed by atoms with Gasteiger partial charge in [-0.15, -0.1) is 0 Å². The van der Waals surface area contributed by atoms with Gasteiger partial charge in [0.15, 0.2) is 0 Å². The van der Waals surface area contributed by atoms with E-state index in [9.17, 15) is 8.42 Å². The van der Waals surface area contributed by atoms with Crippen LogP contribution < -0.4 is 10.5 Å². The molecule has 1 aromatic heterocycles. The van der Waals surface area contributed by atoms with Crippen LogP contribution in [0.2, 0.25) is 0 Å². The minimum atomic E-state index is -3.40. The highest BCUT2D eigenvalue weighted by Crippen LogP contribution is 2.07. The van der Waals surface area contributed by atoms with Crippen LogP contribution in [0.4, 0.5) is 0 Å². The lowest BCUT2D eigenvalue weighted by atomic mass is 10.3. The van der Waals surface area contributed by atoms with Gasteiger partial charge in [0.2, 0.25) is 10.0 Å². The summed E-state index contributed by atoms with van der Waals surface area (Å²) in [5, 5.41) is 0. The number of aromatic nitrogens is 1. The zero-order valence-corrected chi connectivity index (χ0v) is 8.00. The number of nitrogens with one attached hydrogen (secondary N) is 1. The number of hydrogen-bond donors (Lipinski definition) is 2.